The third-order valence-corrected chi connectivity index (χ3v) is 3.99. The minimum atomic E-state index is -0.378. The molecule has 2 aromatic rings. The molecule has 0 aliphatic carbocycles. The van der Waals surface area contributed by atoms with Gasteiger partial charge in [0.25, 0.3) is 5.69 Å². The molecule has 1 saturated heterocycles. The lowest BCUT2D eigenvalue weighted by Crippen LogP contribution is -2.42. The van der Waals surface area contributed by atoms with Crippen molar-refractivity contribution in [3.63, 3.8) is 0 Å². The lowest BCUT2D eigenvalue weighted by molar-refractivity contribution is -0.383. The van der Waals surface area contributed by atoms with Crippen LogP contribution >= 0.6 is 0 Å². The Hall–Kier alpha value is -2.21. The Kier molecular flexibility index (Phi) is 3.70. The monoisotopic (exact) mass is 287 g/mol. The summed E-state index contributed by atoms with van der Waals surface area (Å²) in [5.41, 5.74) is 0.0783. The van der Waals surface area contributed by atoms with E-state index < -0.39 is 0 Å². The number of hydrogen-bond donors (Lipinski definition) is 1. The molecule has 1 aromatic carbocycles. The van der Waals surface area contributed by atoms with E-state index in [4.69, 9.17) is 4.74 Å². The molecule has 0 radical (unpaired) electrons. The Balaban J connectivity index is 1.99. The molecule has 0 bridgehead atoms. The predicted octanol–water partition coefficient (Wildman–Crippen LogP) is 2.52. The lowest BCUT2D eigenvalue weighted by atomic mass is 9.97. The number of piperidine rings is 1. The number of rotatable bonds is 3. The predicted molar refractivity (Wildman–Crippen MR) is 79.5 cm³/mol. The second kappa shape index (κ2) is 5.65. The topological polar surface area (TPSA) is 77.3 Å². The van der Waals surface area contributed by atoms with Crippen LogP contribution in [0, 0.1) is 16.0 Å². The molecule has 1 N–H and O–H groups in total. The average molecular weight is 287 g/mol. The van der Waals surface area contributed by atoms with Gasteiger partial charge in [-0.1, -0.05) is 6.92 Å². The second-order valence-electron chi connectivity index (χ2n) is 5.39. The van der Waals surface area contributed by atoms with Crippen molar-refractivity contribution in [3.8, 4) is 5.75 Å². The van der Waals surface area contributed by atoms with Crippen LogP contribution in [0.2, 0.25) is 0 Å². The van der Waals surface area contributed by atoms with Crippen molar-refractivity contribution in [3.05, 3.63) is 40.7 Å². The number of nitrogens with zero attached hydrogens (tertiary/aromatic N) is 2. The Bertz CT molecular complexity index is 674. The summed E-state index contributed by atoms with van der Waals surface area (Å²) >= 11 is 0. The van der Waals surface area contributed by atoms with Gasteiger partial charge in [0.05, 0.1) is 10.3 Å². The van der Waals surface area contributed by atoms with Gasteiger partial charge in [-0.25, -0.2) is 0 Å². The molecule has 2 unspecified atom stereocenters. The molecule has 6 nitrogen and oxygen atoms in total. The molecule has 0 spiro atoms. The number of nitrogens with one attached hydrogen (secondary N) is 1. The van der Waals surface area contributed by atoms with Crippen LogP contribution in [0.4, 0.5) is 5.69 Å². The zero-order valence-corrected chi connectivity index (χ0v) is 11.8. The number of non-ortho nitro benzene ring substituents is 1. The molecular formula is C15H17N3O3. The van der Waals surface area contributed by atoms with Crippen LogP contribution in [0.3, 0.4) is 0 Å². The van der Waals surface area contributed by atoms with Crippen molar-refractivity contribution >= 4 is 16.5 Å². The molecule has 0 saturated carbocycles. The Morgan fingerprint density at radius 2 is 2.24 bits per heavy atom. The van der Waals surface area contributed by atoms with E-state index in [-0.39, 0.29) is 16.7 Å². The maximum atomic E-state index is 11.1. The van der Waals surface area contributed by atoms with Crippen molar-refractivity contribution in [1.29, 1.82) is 0 Å². The molecule has 1 aliphatic rings. The maximum absolute atomic E-state index is 11.1. The smallest absolute Gasteiger partial charge is 0.277 e. The maximum Gasteiger partial charge on any atom is 0.277 e. The Morgan fingerprint density at radius 3 is 3.00 bits per heavy atom. The van der Waals surface area contributed by atoms with Crippen LogP contribution in [-0.4, -0.2) is 29.1 Å². The fraction of sp³-hybridized carbons (Fsp3) is 0.400. The summed E-state index contributed by atoms with van der Waals surface area (Å²) in [6.07, 6.45) is 4.32. The van der Waals surface area contributed by atoms with E-state index in [1.54, 1.807) is 24.5 Å². The highest BCUT2D eigenvalue weighted by Crippen LogP contribution is 2.33. The fourth-order valence-electron chi connectivity index (χ4n) is 2.69. The Morgan fingerprint density at radius 1 is 1.38 bits per heavy atom. The van der Waals surface area contributed by atoms with Crippen molar-refractivity contribution in [2.75, 3.05) is 13.1 Å². The molecule has 2 heterocycles. The van der Waals surface area contributed by atoms with E-state index in [0.29, 0.717) is 22.4 Å². The van der Waals surface area contributed by atoms with Crippen LogP contribution in [-0.2, 0) is 0 Å². The molecule has 2 atom stereocenters. The number of fused-ring (bicyclic) bond motifs is 1. The number of ether oxygens (including phenoxy) is 1. The van der Waals surface area contributed by atoms with E-state index in [1.165, 1.54) is 6.07 Å². The van der Waals surface area contributed by atoms with Crippen LogP contribution in [0.15, 0.2) is 30.6 Å². The van der Waals surface area contributed by atoms with Gasteiger partial charge in [0, 0.05) is 30.4 Å². The number of nitro groups is 1. The zero-order valence-electron chi connectivity index (χ0n) is 11.8. The van der Waals surface area contributed by atoms with Gasteiger partial charge in [-0.15, -0.1) is 0 Å². The normalized spacial score (nSPS) is 22.1. The molecule has 1 aromatic heterocycles. The zero-order chi connectivity index (χ0) is 14.8. The van der Waals surface area contributed by atoms with Crippen molar-refractivity contribution < 1.29 is 9.66 Å². The summed E-state index contributed by atoms with van der Waals surface area (Å²) in [6.45, 7) is 3.96. The SMILES string of the molecule is CC1CCNCC1Oc1ccc([N+](=O)[O-])c2ccncc12. The van der Waals surface area contributed by atoms with Crippen LogP contribution in [0.1, 0.15) is 13.3 Å². The molecule has 6 heteroatoms. The second-order valence-corrected chi connectivity index (χ2v) is 5.39. The summed E-state index contributed by atoms with van der Waals surface area (Å²) < 4.78 is 6.09. The number of nitro benzene ring substituents is 1. The number of hydrogen-bond acceptors (Lipinski definition) is 5. The van der Waals surface area contributed by atoms with E-state index in [0.717, 1.165) is 19.5 Å². The minimum absolute atomic E-state index is 0.0728. The van der Waals surface area contributed by atoms with Crippen molar-refractivity contribution in [2.24, 2.45) is 5.92 Å². The van der Waals surface area contributed by atoms with Gasteiger partial charge in [-0.2, -0.15) is 0 Å². The summed E-state index contributed by atoms with van der Waals surface area (Å²) in [4.78, 5) is 14.8. The Labute approximate surface area is 122 Å². The molecule has 1 aliphatic heterocycles. The number of benzene rings is 1. The summed E-state index contributed by atoms with van der Waals surface area (Å²) in [7, 11) is 0. The highest BCUT2D eigenvalue weighted by Gasteiger charge is 2.24. The fourth-order valence-corrected chi connectivity index (χ4v) is 2.69. The standard InChI is InChI=1S/C15H17N3O3/c1-10-4-6-17-9-15(10)21-14-3-2-13(18(19)20)11-5-7-16-8-12(11)14/h2-3,5,7-8,10,15,17H,4,6,9H2,1H3. The van der Waals surface area contributed by atoms with Crippen LogP contribution in [0.25, 0.3) is 10.8 Å². The first-order chi connectivity index (χ1) is 10.2. The van der Waals surface area contributed by atoms with Gasteiger partial charge in [0.15, 0.2) is 0 Å². The van der Waals surface area contributed by atoms with Gasteiger partial charge in [0.1, 0.15) is 11.9 Å². The molecule has 0 amide bonds. The van der Waals surface area contributed by atoms with Crippen LogP contribution in [0.5, 0.6) is 5.75 Å². The van der Waals surface area contributed by atoms with E-state index in [9.17, 15) is 10.1 Å². The summed E-state index contributed by atoms with van der Waals surface area (Å²) in [6, 6.07) is 4.82. The highest BCUT2D eigenvalue weighted by molar-refractivity contribution is 5.94. The quantitative estimate of drug-likeness (QED) is 0.693. The van der Waals surface area contributed by atoms with Gasteiger partial charge in [-0.3, -0.25) is 15.1 Å². The average Bonchev–Trinajstić information content (AvgIpc) is 2.49. The molecular weight excluding hydrogens is 270 g/mol. The molecule has 21 heavy (non-hydrogen) atoms. The third kappa shape index (κ3) is 2.67. The lowest BCUT2D eigenvalue weighted by Gasteiger charge is -2.30. The van der Waals surface area contributed by atoms with E-state index in [1.807, 2.05) is 0 Å². The molecule has 3 rings (SSSR count). The largest absolute Gasteiger partial charge is 0.488 e. The molecule has 1 fully saturated rings. The minimum Gasteiger partial charge on any atom is -0.488 e. The number of pyridine rings is 1. The first-order valence-corrected chi connectivity index (χ1v) is 7.05. The van der Waals surface area contributed by atoms with E-state index >= 15 is 0 Å². The van der Waals surface area contributed by atoms with E-state index in [2.05, 4.69) is 17.2 Å². The van der Waals surface area contributed by atoms with Gasteiger partial charge < -0.3 is 10.1 Å². The third-order valence-electron chi connectivity index (χ3n) is 3.99. The first kappa shape index (κ1) is 13.8. The van der Waals surface area contributed by atoms with Crippen LogP contribution < -0.4 is 10.1 Å². The number of aromatic nitrogens is 1. The highest BCUT2D eigenvalue weighted by atomic mass is 16.6. The molecule has 110 valence electrons. The van der Waals surface area contributed by atoms with Gasteiger partial charge in [0.2, 0.25) is 0 Å². The van der Waals surface area contributed by atoms with Crippen molar-refractivity contribution in [2.45, 2.75) is 19.4 Å². The van der Waals surface area contributed by atoms with Gasteiger partial charge >= 0.3 is 0 Å². The first-order valence-electron chi connectivity index (χ1n) is 7.05. The van der Waals surface area contributed by atoms with Gasteiger partial charge in [-0.05, 0) is 31.0 Å². The summed E-state index contributed by atoms with van der Waals surface area (Å²) in [5, 5.41) is 15.7. The van der Waals surface area contributed by atoms with Crippen molar-refractivity contribution in [1.82, 2.24) is 10.3 Å². The summed E-state index contributed by atoms with van der Waals surface area (Å²) in [5.74, 6) is 1.11.